The predicted molar refractivity (Wildman–Crippen MR) is 58.5 cm³/mol. The number of nitrogens with two attached hydrogens (primary N) is 1. The van der Waals surface area contributed by atoms with Gasteiger partial charge in [0.25, 0.3) is 0 Å². The van der Waals surface area contributed by atoms with Crippen LogP contribution in [0.25, 0.3) is 0 Å². The number of ether oxygens (including phenoxy) is 1. The van der Waals surface area contributed by atoms with Gasteiger partial charge in [0.15, 0.2) is 0 Å². The average molecular weight is 295 g/mol. The largest absolute Gasteiger partial charge is 0.423 e. The number of hydrogen-bond acceptors (Lipinski definition) is 2. The molecule has 0 radical (unpaired) electrons. The summed E-state index contributed by atoms with van der Waals surface area (Å²) < 4.78 is 76.6. The molecule has 0 aromatic heterocycles. The molecule has 0 unspecified atom stereocenters. The van der Waals surface area contributed by atoms with Crippen molar-refractivity contribution in [3.63, 3.8) is 0 Å². The number of rotatable bonds is 7. The van der Waals surface area contributed by atoms with Crippen LogP contribution in [0.5, 0.6) is 0 Å². The second kappa shape index (κ2) is 6.78. The van der Waals surface area contributed by atoms with Gasteiger partial charge in [-0.1, -0.05) is 20.3 Å². The highest BCUT2D eigenvalue weighted by molar-refractivity contribution is 4.76. The molecular formula is C11H19F6NO. The molecule has 2 nitrogen and oxygen atoms in total. The molecule has 0 fully saturated rings. The molecular weight excluding hydrogens is 276 g/mol. The summed E-state index contributed by atoms with van der Waals surface area (Å²) in [6.07, 6.45) is -13.4. The lowest BCUT2D eigenvalue weighted by Crippen LogP contribution is -2.44. The quantitative estimate of drug-likeness (QED) is 0.575. The van der Waals surface area contributed by atoms with Gasteiger partial charge in [-0.3, -0.25) is 0 Å². The smallest absolute Gasteiger partial charge is 0.361 e. The van der Waals surface area contributed by atoms with Crippen LogP contribution in [0.1, 0.15) is 33.1 Å². The van der Waals surface area contributed by atoms with Crippen LogP contribution in [0.4, 0.5) is 26.3 Å². The Balaban J connectivity index is 4.10. The Labute approximate surface area is 108 Å². The lowest BCUT2D eigenvalue weighted by Gasteiger charge is -2.24. The second-order valence-corrected chi connectivity index (χ2v) is 5.16. The maximum atomic E-state index is 12.1. The molecule has 0 rings (SSSR count). The van der Waals surface area contributed by atoms with Crippen LogP contribution in [-0.2, 0) is 4.74 Å². The van der Waals surface area contributed by atoms with Gasteiger partial charge in [0.2, 0.25) is 6.10 Å². The molecule has 0 aromatic carbocycles. The van der Waals surface area contributed by atoms with Gasteiger partial charge in [-0.2, -0.15) is 26.3 Å². The fourth-order valence-electron chi connectivity index (χ4n) is 1.38. The molecule has 0 saturated carbocycles. The molecule has 0 saturated heterocycles. The Kier molecular flexibility index (Phi) is 6.61. The Morgan fingerprint density at radius 3 is 1.79 bits per heavy atom. The van der Waals surface area contributed by atoms with E-state index in [2.05, 4.69) is 4.74 Å². The summed E-state index contributed by atoms with van der Waals surface area (Å²) in [4.78, 5) is 0. The minimum atomic E-state index is -5.44. The van der Waals surface area contributed by atoms with Gasteiger partial charge < -0.3 is 10.5 Å². The van der Waals surface area contributed by atoms with Crippen molar-refractivity contribution < 1.29 is 31.1 Å². The minimum Gasteiger partial charge on any atom is -0.361 e. The van der Waals surface area contributed by atoms with Gasteiger partial charge in [0.1, 0.15) is 0 Å². The van der Waals surface area contributed by atoms with Gasteiger partial charge in [0.05, 0.1) is 0 Å². The summed E-state index contributed by atoms with van der Waals surface area (Å²) in [7, 11) is 0. The van der Waals surface area contributed by atoms with Crippen molar-refractivity contribution in [1.29, 1.82) is 0 Å². The van der Waals surface area contributed by atoms with Crippen LogP contribution >= 0.6 is 0 Å². The molecule has 0 atom stereocenters. The first-order valence-electron chi connectivity index (χ1n) is 5.85. The Hall–Kier alpha value is -0.500. The Bertz CT molecular complexity index is 247. The third kappa shape index (κ3) is 7.61. The van der Waals surface area contributed by atoms with Gasteiger partial charge in [-0.05, 0) is 24.8 Å². The Morgan fingerprint density at radius 2 is 1.42 bits per heavy atom. The standard InChI is InChI=1S/C11H19F6NO/c1-9(2,7-18)5-3-4-6-19-8(10(12,13)14)11(15,16)17/h8H,3-7,18H2,1-2H3. The highest BCUT2D eigenvalue weighted by Gasteiger charge is 2.57. The van der Waals surface area contributed by atoms with Crippen molar-refractivity contribution in [2.45, 2.75) is 51.6 Å². The lowest BCUT2D eigenvalue weighted by atomic mass is 9.87. The van der Waals surface area contributed by atoms with Crippen molar-refractivity contribution in [1.82, 2.24) is 0 Å². The van der Waals surface area contributed by atoms with E-state index in [1.165, 1.54) is 0 Å². The van der Waals surface area contributed by atoms with E-state index in [4.69, 9.17) is 5.73 Å². The number of hydrogen-bond donors (Lipinski definition) is 1. The van der Waals surface area contributed by atoms with Crippen molar-refractivity contribution in [2.75, 3.05) is 13.2 Å². The zero-order valence-electron chi connectivity index (χ0n) is 10.9. The van der Waals surface area contributed by atoms with E-state index in [0.717, 1.165) is 0 Å². The molecule has 8 heteroatoms. The first-order valence-corrected chi connectivity index (χ1v) is 5.85. The molecule has 0 bridgehead atoms. The fourth-order valence-corrected chi connectivity index (χ4v) is 1.38. The van der Waals surface area contributed by atoms with Gasteiger partial charge in [0, 0.05) is 6.61 Å². The number of alkyl halides is 6. The van der Waals surface area contributed by atoms with Gasteiger partial charge in [-0.15, -0.1) is 0 Å². The maximum Gasteiger partial charge on any atom is 0.423 e. The van der Waals surface area contributed by atoms with Gasteiger partial charge >= 0.3 is 12.4 Å². The zero-order chi connectivity index (χ0) is 15.3. The fraction of sp³-hybridized carbons (Fsp3) is 1.00. The first-order chi connectivity index (χ1) is 8.40. The third-order valence-corrected chi connectivity index (χ3v) is 2.68. The Morgan fingerprint density at radius 1 is 0.947 bits per heavy atom. The van der Waals surface area contributed by atoms with Crippen molar-refractivity contribution >= 4 is 0 Å². The molecule has 116 valence electrons. The summed E-state index contributed by atoms with van der Waals surface area (Å²) in [5.74, 6) is 0. The molecule has 19 heavy (non-hydrogen) atoms. The molecule has 2 N–H and O–H groups in total. The lowest BCUT2D eigenvalue weighted by molar-refractivity contribution is -0.321. The van der Waals surface area contributed by atoms with Gasteiger partial charge in [-0.25, -0.2) is 0 Å². The number of unbranched alkanes of at least 4 members (excludes halogenated alkanes) is 1. The van der Waals surface area contributed by atoms with Crippen LogP contribution in [0.2, 0.25) is 0 Å². The minimum absolute atomic E-state index is 0.131. The summed E-state index contributed by atoms with van der Waals surface area (Å²) in [5.41, 5.74) is 5.28. The van der Waals surface area contributed by atoms with Crippen molar-refractivity contribution in [2.24, 2.45) is 11.1 Å². The van der Waals surface area contributed by atoms with Crippen LogP contribution in [0, 0.1) is 5.41 Å². The summed E-state index contributed by atoms with van der Waals surface area (Å²) >= 11 is 0. The van der Waals surface area contributed by atoms with Crippen LogP contribution in [0.15, 0.2) is 0 Å². The zero-order valence-corrected chi connectivity index (χ0v) is 10.9. The van der Waals surface area contributed by atoms with Crippen molar-refractivity contribution in [3.05, 3.63) is 0 Å². The van der Waals surface area contributed by atoms with E-state index < -0.39 is 25.1 Å². The van der Waals surface area contributed by atoms with E-state index in [1.54, 1.807) is 0 Å². The monoisotopic (exact) mass is 295 g/mol. The summed E-state index contributed by atoms with van der Waals surface area (Å²) in [6, 6.07) is 0. The highest BCUT2D eigenvalue weighted by atomic mass is 19.4. The highest BCUT2D eigenvalue weighted by Crippen LogP contribution is 2.35. The molecule has 0 aromatic rings. The van der Waals surface area contributed by atoms with Crippen LogP contribution in [0.3, 0.4) is 0 Å². The van der Waals surface area contributed by atoms with E-state index in [0.29, 0.717) is 19.4 Å². The summed E-state index contributed by atoms with van der Waals surface area (Å²) in [6.45, 7) is 3.58. The van der Waals surface area contributed by atoms with E-state index in [1.807, 2.05) is 13.8 Å². The predicted octanol–water partition coefficient (Wildman–Crippen LogP) is 3.65. The molecule has 0 amide bonds. The van der Waals surface area contributed by atoms with E-state index >= 15 is 0 Å². The SMILES string of the molecule is CC(C)(CN)CCCCOC(C(F)(F)F)C(F)(F)F. The topological polar surface area (TPSA) is 35.2 Å². The molecule has 0 aliphatic carbocycles. The van der Waals surface area contributed by atoms with Crippen LogP contribution < -0.4 is 5.73 Å². The number of halogens is 6. The van der Waals surface area contributed by atoms with E-state index in [-0.39, 0.29) is 11.8 Å². The first kappa shape index (κ1) is 18.5. The maximum absolute atomic E-state index is 12.1. The van der Waals surface area contributed by atoms with Crippen LogP contribution in [-0.4, -0.2) is 31.6 Å². The van der Waals surface area contributed by atoms with Crippen molar-refractivity contribution in [3.8, 4) is 0 Å². The molecule has 0 spiro atoms. The molecule has 0 heterocycles. The average Bonchev–Trinajstić information content (AvgIpc) is 2.19. The molecule has 0 aliphatic heterocycles. The normalized spacial score (nSPS) is 14.2. The third-order valence-electron chi connectivity index (χ3n) is 2.68. The van der Waals surface area contributed by atoms with E-state index in [9.17, 15) is 26.3 Å². The second-order valence-electron chi connectivity index (χ2n) is 5.16. The molecule has 0 aliphatic rings. The summed E-state index contributed by atoms with van der Waals surface area (Å²) in [5, 5.41) is 0.